The van der Waals surface area contributed by atoms with Crippen LogP contribution in [0.25, 0.3) is 0 Å². The van der Waals surface area contributed by atoms with E-state index in [1.165, 1.54) is 12.3 Å². The molecule has 7 heteroatoms. The van der Waals surface area contributed by atoms with Crippen molar-refractivity contribution in [2.24, 2.45) is 5.73 Å². The molecule has 0 aromatic carbocycles. The molecule has 21 heavy (non-hydrogen) atoms. The van der Waals surface area contributed by atoms with E-state index in [4.69, 9.17) is 17.3 Å². The van der Waals surface area contributed by atoms with Crippen molar-refractivity contribution in [2.75, 3.05) is 11.4 Å². The summed E-state index contributed by atoms with van der Waals surface area (Å²) in [5.74, 6) is 0.643. The standard InChI is InChI=1S/C14H21ClN4O2/c1-2-7-18(11-5-3-10(16)4-6-11)14-13(15)8-12(9-17-14)19(20)21/h8-11H,2-7,16H2,1H3. The van der Waals surface area contributed by atoms with Crippen molar-refractivity contribution in [2.45, 2.75) is 51.1 Å². The van der Waals surface area contributed by atoms with Crippen molar-refractivity contribution in [1.82, 2.24) is 4.98 Å². The molecule has 0 radical (unpaired) electrons. The fraction of sp³-hybridized carbons (Fsp3) is 0.643. The number of aromatic nitrogens is 1. The van der Waals surface area contributed by atoms with Gasteiger partial charge in [0, 0.05) is 24.7 Å². The van der Waals surface area contributed by atoms with Gasteiger partial charge in [0.15, 0.2) is 0 Å². The predicted octanol–water partition coefficient (Wildman–Crippen LogP) is 3.13. The van der Waals surface area contributed by atoms with E-state index in [0.29, 0.717) is 16.9 Å². The molecule has 0 spiro atoms. The molecule has 1 aromatic heterocycles. The van der Waals surface area contributed by atoms with E-state index in [2.05, 4.69) is 16.8 Å². The van der Waals surface area contributed by atoms with E-state index >= 15 is 0 Å². The first kappa shape index (κ1) is 16.0. The van der Waals surface area contributed by atoms with Crippen molar-refractivity contribution < 1.29 is 4.92 Å². The van der Waals surface area contributed by atoms with E-state index in [1.54, 1.807) is 0 Å². The van der Waals surface area contributed by atoms with Gasteiger partial charge >= 0.3 is 0 Å². The van der Waals surface area contributed by atoms with Crippen LogP contribution in [0.5, 0.6) is 0 Å². The van der Waals surface area contributed by atoms with Crippen LogP contribution in [-0.2, 0) is 0 Å². The number of nitrogens with two attached hydrogens (primary N) is 1. The van der Waals surface area contributed by atoms with Crippen LogP contribution >= 0.6 is 11.6 Å². The lowest BCUT2D eigenvalue weighted by Crippen LogP contribution is -2.42. The van der Waals surface area contributed by atoms with Gasteiger partial charge in [-0.25, -0.2) is 4.98 Å². The Kier molecular flexibility index (Phi) is 5.36. The second-order valence-corrected chi connectivity index (χ2v) is 5.93. The summed E-state index contributed by atoms with van der Waals surface area (Å²) in [6.07, 6.45) is 6.26. The minimum atomic E-state index is -0.480. The molecule has 2 rings (SSSR count). The highest BCUT2D eigenvalue weighted by Gasteiger charge is 2.26. The third-order valence-corrected chi connectivity index (χ3v) is 4.21. The molecule has 1 heterocycles. The molecule has 0 amide bonds. The zero-order valence-corrected chi connectivity index (χ0v) is 12.9. The second kappa shape index (κ2) is 7.04. The zero-order valence-electron chi connectivity index (χ0n) is 12.2. The van der Waals surface area contributed by atoms with Gasteiger partial charge in [-0.2, -0.15) is 0 Å². The SMILES string of the molecule is CCCN(c1ncc([N+](=O)[O-])cc1Cl)C1CCC(N)CC1. The van der Waals surface area contributed by atoms with Gasteiger partial charge in [0.05, 0.1) is 9.95 Å². The van der Waals surface area contributed by atoms with Crippen LogP contribution in [0.2, 0.25) is 5.02 Å². The molecular formula is C14H21ClN4O2. The minimum absolute atomic E-state index is 0.0779. The number of halogens is 1. The summed E-state index contributed by atoms with van der Waals surface area (Å²) in [5, 5.41) is 11.1. The maximum Gasteiger partial charge on any atom is 0.289 e. The Bertz CT molecular complexity index is 504. The molecule has 1 aromatic rings. The van der Waals surface area contributed by atoms with Crippen LogP contribution in [0.15, 0.2) is 12.3 Å². The third-order valence-electron chi connectivity index (χ3n) is 3.94. The Balaban J connectivity index is 2.23. The molecule has 1 aliphatic carbocycles. The first-order chi connectivity index (χ1) is 10.0. The van der Waals surface area contributed by atoms with Crippen LogP contribution in [0.4, 0.5) is 11.5 Å². The number of hydrogen-bond donors (Lipinski definition) is 1. The highest BCUT2D eigenvalue weighted by Crippen LogP contribution is 2.32. The number of rotatable bonds is 5. The molecule has 6 nitrogen and oxygen atoms in total. The van der Waals surface area contributed by atoms with Gasteiger partial charge in [0.1, 0.15) is 12.0 Å². The lowest BCUT2D eigenvalue weighted by molar-refractivity contribution is -0.385. The molecule has 1 saturated carbocycles. The number of pyridine rings is 1. The monoisotopic (exact) mass is 312 g/mol. The molecule has 1 aliphatic rings. The van der Waals surface area contributed by atoms with E-state index in [9.17, 15) is 10.1 Å². The van der Waals surface area contributed by atoms with E-state index in [-0.39, 0.29) is 11.7 Å². The lowest BCUT2D eigenvalue weighted by atomic mass is 9.90. The first-order valence-electron chi connectivity index (χ1n) is 7.35. The van der Waals surface area contributed by atoms with Gasteiger partial charge in [-0.3, -0.25) is 10.1 Å². The van der Waals surface area contributed by atoms with Gasteiger partial charge in [0.25, 0.3) is 5.69 Å². The summed E-state index contributed by atoms with van der Waals surface area (Å²) in [6.45, 7) is 2.94. The number of nitrogens with zero attached hydrogens (tertiary/aromatic N) is 3. The highest BCUT2D eigenvalue weighted by molar-refractivity contribution is 6.33. The molecule has 0 atom stereocenters. The maximum atomic E-state index is 10.8. The number of anilines is 1. The Labute approximate surface area is 129 Å². The van der Waals surface area contributed by atoms with Crippen LogP contribution in [0, 0.1) is 10.1 Å². The average molecular weight is 313 g/mol. The first-order valence-corrected chi connectivity index (χ1v) is 7.72. The summed E-state index contributed by atoms with van der Waals surface area (Å²) in [5.41, 5.74) is 5.88. The Morgan fingerprint density at radius 1 is 1.48 bits per heavy atom. The van der Waals surface area contributed by atoms with Gasteiger partial charge in [-0.1, -0.05) is 18.5 Å². The summed E-state index contributed by atoms with van der Waals surface area (Å²) in [6, 6.07) is 2.02. The summed E-state index contributed by atoms with van der Waals surface area (Å²) >= 11 is 6.22. The normalized spacial score (nSPS) is 22.0. The summed E-state index contributed by atoms with van der Waals surface area (Å²) < 4.78 is 0. The summed E-state index contributed by atoms with van der Waals surface area (Å²) in [4.78, 5) is 16.7. The van der Waals surface area contributed by atoms with Crippen LogP contribution in [0.3, 0.4) is 0 Å². The molecule has 1 fully saturated rings. The molecule has 0 aliphatic heterocycles. The topological polar surface area (TPSA) is 85.3 Å². The molecule has 0 saturated heterocycles. The van der Waals surface area contributed by atoms with Crippen molar-refractivity contribution in [3.8, 4) is 0 Å². The minimum Gasteiger partial charge on any atom is -0.352 e. The molecule has 2 N–H and O–H groups in total. The van der Waals surface area contributed by atoms with E-state index < -0.39 is 4.92 Å². The Morgan fingerprint density at radius 3 is 2.67 bits per heavy atom. The maximum absolute atomic E-state index is 10.8. The van der Waals surface area contributed by atoms with Gasteiger partial charge in [-0.15, -0.1) is 0 Å². The van der Waals surface area contributed by atoms with Crippen LogP contribution < -0.4 is 10.6 Å². The van der Waals surface area contributed by atoms with Gasteiger partial charge in [0.2, 0.25) is 0 Å². The van der Waals surface area contributed by atoms with Gasteiger partial charge < -0.3 is 10.6 Å². The second-order valence-electron chi connectivity index (χ2n) is 5.52. The van der Waals surface area contributed by atoms with E-state index in [0.717, 1.165) is 38.6 Å². The fourth-order valence-electron chi connectivity index (χ4n) is 2.85. The van der Waals surface area contributed by atoms with E-state index in [1.807, 2.05) is 0 Å². The third kappa shape index (κ3) is 3.83. The van der Waals surface area contributed by atoms with Gasteiger partial charge in [-0.05, 0) is 32.1 Å². The Morgan fingerprint density at radius 2 is 2.14 bits per heavy atom. The summed E-state index contributed by atoms with van der Waals surface area (Å²) in [7, 11) is 0. The molecular weight excluding hydrogens is 292 g/mol. The largest absolute Gasteiger partial charge is 0.352 e. The van der Waals surface area contributed by atoms with Crippen molar-refractivity contribution in [3.05, 3.63) is 27.4 Å². The zero-order chi connectivity index (χ0) is 15.4. The van der Waals surface area contributed by atoms with Crippen molar-refractivity contribution in [1.29, 1.82) is 0 Å². The predicted molar refractivity (Wildman–Crippen MR) is 83.8 cm³/mol. The number of nitro groups is 1. The van der Waals surface area contributed by atoms with Crippen LogP contribution in [0.1, 0.15) is 39.0 Å². The smallest absolute Gasteiger partial charge is 0.289 e. The lowest BCUT2D eigenvalue weighted by Gasteiger charge is -2.37. The fourth-order valence-corrected chi connectivity index (χ4v) is 3.12. The quantitative estimate of drug-likeness (QED) is 0.667. The van der Waals surface area contributed by atoms with Crippen molar-refractivity contribution >= 4 is 23.1 Å². The van der Waals surface area contributed by atoms with Crippen molar-refractivity contribution in [3.63, 3.8) is 0 Å². The molecule has 116 valence electrons. The molecule has 0 unspecified atom stereocenters. The van der Waals surface area contributed by atoms with Crippen LogP contribution in [-0.4, -0.2) is 28.5 Å². The highest BCUT2D eigenvalue weighted by atomic mass is 35.5. The Hall–Kier alpha value is -1.40. The molecule has 0 bridgehead atoms. The number of hydrogen-bond acceptors (Lipinski definition) is 5. The average Bonchev–Trinajstić information content (AvgIpc) is 2.46.